The molecule has 0 aliphatic heterocycles. The summed E-state index contributed by atoms with van der Waals surface area (Å²) < 4.78 is 11.3. The fraction of sp³-hybridized carbons (Fsp3) is 0.143. The number of methoxy groups -OCH3 is 1. The van der Waals surface area contributed by atoms with Gasteiger partial charge in [0.2, 0.25) is 0 Å². The second-order valence-electron chi connectivity index (χ2n) is 5.60. The summed E-state index contributed by atoms with van der Waals surface area (Å²) in [6.45, 7) is 1.19. The standard InChI is InChI=1S/C21H22N2O2/c1-24-21-14-18(15-22-23-19-10-6-3-7-11-19)12-13-20(21)25-16-17-8-4-2-5-9-17/h2-14,22-23H,15-16H2,1H3. The highest BCUT2D eigenvalue weighted by Gasteiger charge is 2.06. The van der Waals surface area contributed by atoms with Crippen LogP contribution in [-0.2, 0) is 13.2 Å². The molecule has 4 heteroatoms. The minimum atomic E-state index is 0.518. The summed E-state index contributed by atoms with van der Waals surface area (Å²) in [6.07, 6.45) is 0. The minimum absolute atomic E-state index is 0.518. The summed E-state index contributed by atoms with van der Waals surface area (Å²) >= 11 is 0. The van der Waals surface area contributed by atoms with E-state index in [0.717, 1.165) is 28.3 Å². The lowest BCUT2D eigenvalue weighted by molar-refractivity contribution is 0.284. The van der Waals surface area contributed by atoms with E-state index in [1.165, 1.54) is 0 Å². The van der Waals surface area contributed by atoms with Gasteiger partial charge in [0.15, 0.2) is 11.5 Å². The van der Waals surface area contributed by atoms with Crippen LogP contribution in [0.25, 0.3) is 0 Å². The molecule has 0 aromatic heterocycles. The van der Waals surface area contributed by atoms with Gasteiger partial charge >= 0.3 is 0 Å². The highest BCUT2D eigenvalue weighted by molar-refractivity contribution is 5.44. The zero-order chi connectivity index (χ0) is 17.3. The van der Waals surface area contributed by atoms with E-state index in [1.54, 1.807) is 7.11 Å². The summed E-state index contributed by atoms with van der Waals surface area (Å²) in [6, 6.07) is 26.0. The Balaban J connectivity index is 1.57. The first-order chi connectivity index (χ1) is 12.3. The number of hydrogen-bond donors (Lipinski definition) is 2. The Labute approximate surface area is 148 Å². The maximum Gasteiger partial charge on any atom is 0.161 e. The predicted molar refractivity (Wildman–Crippen MR) is 101 cm³/mol. The molecule has 0 atom stereocenters. The molecule has 0 unspecified atom stereocenters. The Kier molecular flexibility index (Phi) is 5.91. The Hall–Kier alpha value is -2.98. The lowest BCUT2D eigenvalue weighted by Gasteiger charge is -2.13. The highest BCUT2D eigenvalue weighted by atomic mass is 16.5. The second kappa shape index (κ2) is 8.76. The van der Waals surface area contributed by atoms with Crippen LogP contribution in [0.5, 0.6) is 11.5 Å². The zero-order valence-corrected chi connectivity index (χ0v) is 14.2. The number of benzene rings is 3. The van der Waals surface area contributed by atoms with Gasteiger partial charge in [-0.25, -0.2) is 5.43 Å². The van der Waals surface area contributed by atoms with Gasteiger partial charge in [-0.05, 0) is 35.4 Å². The molecule has 0 saturated carbocycles. The maximum absolute atomic E-state index is 5.88. The van der Waals surface area contributed by atoms with Crippen molar-refractivity contribution < 1.29 is 9.47 Å². The van der Waals surface area contributed by atoms with Crippen LogP contribution in [0.1, 0.15) is 11.1 Å². The van der Waals surface area contributed by atoms with Gasteiger partial charge in [-0.2, -0.15) is 0 Å². The van der Waals surface area contributed by atoms with E-state index in [0.29, 0.717) is 13.2 Å². The maximum atomic E-state index is 5.88. The molecule has 0 aliphatic carbocycles. The van der Waals surface area contributed by atoms with Crippen LogP contribution >= 0.6 is 0 Å². The summed E-state index contributed by atoms with van der Waals surface area (Å²) in [7, 11) is 1.66. The van der Waals surface area contributed by atoms with E-state index in [1.807, 2.05) is 78.9 Å². The molecule has 0 fully saturated rings. The third kappa shape index (κ3) is 4.99. The van der Waals surface area contributed by atoms with Crippen LogP contribution in [-0.4, -0.2) is 7.11 Å². The van der Waals surface area contributed by atoms with E-state index < -0.39 is 0 Å². The van der Waals surface area contributed by atoms with Gasteiger partial charge in [-0.15, -0.1) is 0 Å². The lowest BCUT2D eigenvalue weighted by atomic mass is 10.2. The molecule has 25 heavy (non-hydrogen) atoms. The molecule has 3 aromatic carbocycles. The molecule has 0 aliphatic rings. The molecular formula is C21H22N2O2. The van der Waals surface area contributed by atoms with Crippen LogP contribution in [0.15, 0.2) is 78.9 Å². The number of rotatable bonds is 8. The first-order valence-electron chi connectivity index (χ1n) is 8.23. The summed E-state index contributed by atoms with van der Waals surface area (Å²) in [4.78, 5) is 0. The zero-order valence-electron chi connectivity index (χ0n) is 14.2. The fourth-order valence-corrected chi connectivity index (χ4v) is 2.45. The van der Waals surface area contributed by atoms with E-state index in [4.69, 9.17) is 9.47 Å². The third-order valence-corrected chi connectivity index (χ3v) is 3.76. The van der Waals surface area contributed by atoms with E-state index in [-0.39, 0.29) is 0 Å². The van der Waals surface area contributed by atoms with Crippen molar-refractivity contribution in [3.05, 3.63) is 90.0 Å². The number of hydrazine groups is 1. The highest BCUT2D eigenvalue weighted by Crippen LogP contribution is 2.28. The predicted octanol–water partition coefficient (Wildman–Crippen LogP) is 4.39. The van der Waals surface area contributed by atoms with E-state index in [9.17, 15) is 0 Å². The van der Waals surface area contributed by atoms with Gasteiger partial charge in [-0.1, -0.05) is 54.6 Å². The van der Waals surface area contributed by atoms with Crippen molar-refractivity contribution in [3.63, 3.8) is 0 Å². The SMILES string of the molecule is COc1cc(CNNc2ccccc2)ccc1OCc1ccccc1. The van der Waals surface area contributed by atoms with Gasteiger partial charge in [-0.3, -0.25) is 0 Å². The van der Waals surface area contributed by atoms with E-state index in [2.05, 4.69) is 10.9 Å². The molecule has 4 nitrogen and oxygen atoms in total. The van der Waals surface area contributed by atoms with Gasteiger partial charge < -0.3 is 14.9 Å². The number of ether oxygens (including phenoxy) is 2. The monoisotopic (exact) mass is 334 g/mol. The van der Waals surface area contributed by atoms with Crippen molar-refractivity contribution in [1.29, 1.82) is 0 Å². The van der Waals surface area contributed by atoms with Crippen molar-refractivity contribution in [3.8, 4) is 11.5 Å². The minimum Gasteiger partial charge on any atom is -0.493 e. The van der Waals surface area contributed by atoms with Gasteiger partial charge in [0, 0.05) is 12.2 Å². The number of hydrogen-bond acceptors (Lipinski definition) is 4. The van der Waals surface area contributed by atoms with Gasteiger partial charge in [0.25, 0.3) is 0 Å². The van der Waals surface area contributed by atoms with E-state index >= 15 is 0 Å². The molecule has 0 radical (unpaired) electrons. The Morgan fingerprint density at radius 1 is 0.760 bits per heavy atom. The fourth-order valence-electron chi connectivity index (χ4n) is 2.45. The van der Waals surface area contributed by atoms with Crippen LogP contribution in [0.3, 0.4) is 0 Å². The molecule has 0 bridgehead atoms. The normalized spacial score (nSPS) is 10.3. The summed E-state index contributed by atoms with van der Waals surface area (Å²) in [5.74, 6) is 1.47. The average molecular weight is 334 g/mol. The molecule has 0 spiro atoms. The first-order valence-corrected chi connectivity index (χ1v) is 8.23. The van der Waals surface area contributed by atoms with Crippen LogP contribution in [0.2, 0.25) is 0 Å². The Bertz CT molecular complexity index is 776. The number of nitrogens with one attached hydrogen (secondary N) is 2. The van der Waals surface area contributed by atoms with Crippen molar-refractivity contribution >= 4 is 5.69 Å². The third-order valence-electron chi connectivity index (χ3n) is 3.76. The van der Waals surface area contributed by atoms with Crippen LogP contribution in [0, 0.1) is 0 Å². The number of anilines is 1. The average Bonchev–Trinajstić information content (AvgIpc) is 2.68. The lowest BCUT2D eigenvalue weighted by Crippen LogP contribution is -2.20. The first kappa shape index (κ1) is 16.9. The molecule has 2 N–H and O–H groups in total. The molecule has 0 amide bonds. The van der Waals surface area contributed by atoms with Crippen molar-refractivity contribution in [2.45, 2.75) is 13.2 Å². The smallest absolute Gasteiger partial charge is 0.161 e. The quantitative estimate of drug-likeness (QED) is 0.600. The summed E-state index contributed by atoms with van der Waals surface area (Å²) in [5, 5.41) is 0. The van der Waals surface area contributed by atoms with Crippen molar-refractivity contribution in [1.82, 2.24) is 5.43 Å². The van der Waals surface area contributed by atoms with Crippen LogP contribution in [0.4, 0.5) is 5.69 Å². The topological polar surface area (TPSA) is 42.5 Å². The van der Waals surface area contributed by atoms with Gasteiger partial charge in [0.1, 0.15) is 6.61 Å². The molecular weight excluding hydrogens is 312 g/mol. The van der Waals surface area contributed by atoms with Crippen molar-refractivity contribution in [2.24, 2.45) is 0 Å². The largest absolute Gasteiger partial charge is 0.493 e. The summed E-state index contributed by atoms with van der Waals surface area (Å²) in [5.41, 5.74) is 9.63. The molecule has 0 saturated heterocycles. The second-order valence-corrected chi connectivity index (χ2v) is 5.60. The Morgan fingerprint density at radius 3 is 2.20 bits per heavy atom. The molecule has 3 aromatic rings. The van der Waals surface area contributed by atoms with Crippen LogP contribution < -0.4 is 20.3 Å². The van der Waals surface area contributed by atoms with Crippen molar-refractivity contribution in [2.75, 3.05) is 12.5 Å². The molecule has 0 heterocycles. The molecule has 128 valence electrons. The molecule has 3 rings (SSSR count). The Morgan fingerprint density at radius 2 is 1.48 bits per heavy atom. The van der Waals surface area contributed by atoms with Gasteiger partial charge in [0.05, 0.1) is 7.11 Å². The number of para-hydroxylation sites is 1.